The number of carbonyl (C=O) groups is 2. The fraction of sp³-hybridized carbons (Fsp3) is 0.278. The van der Waals surface area contributed by atoms with Crippen LogP contribution in [0.4, 0.5) is 0 Å². The van der Waals surface area contributed by atoms with Gasteiger partial charge in [-0.05, 0) is 49.1 Å². The van der Waals surface area contributed by atoms with Gasteiger partial charge in [0, 0.05) is 18.2 Å². The van der Waals surface area contributed by atoms with Crippen LogP contribution in [0.25, 0.3) is 0 Å². The van der Waals surface area contributed by atoms with Crippen molar-refractivity contribution < 1.29 is 14.7 Å². The number of pyridine rings is 1. The number of aryl methyl sites for hydroxylation is 1. The SMILES string of the molecule is Cc1ccc(C(=O)NCC2(c3ccc(C(=O)O)cc3)CC2)nc1. The first-order valence-electron chi connectivity index (χ1n) is 7.55. The number of hydrogen-bond donors (Lipinski definition) is 2. The number of benzene rings is 1. The van der Waals surface area contributed by atoms with Crippen LogP contribution in [0.2, 0.25) is 0 Å². The van der Waals surface area contributed by atoms with Crippen LogP contribution < -0.4 is 5.32 Å². The lowest BCUT2D eigenvalue weighted by molar-refractivity contribution is 0.0696. The molecule has 1 fully saturated rings. The summed E-state index contributed by atoms with van der Waals surface area (Å²) in [5.41, 5.74) is 2.70. The predicted molar refractivity (Wildman–Crippen MR) is 85.6 cm³/mol. The van der Waals surface area contributed by atoms with Crippen molar-refractivity contribution in [2.45, 2.75) is 25.2 Å². The van der Waals surface area contributed by atoms with E-state index >= 15 is 0 Å². The summed E-state index contributed by atoms with van der Waals surface area (Å²) in [7, 11) is 0. The van der Waals surface area contributed by atoms with Crippen LogP contribution in [-0.4, -0.2) is 28.5 Å². The maximum atomic E-state index is 12.2. The van der Waals surface area contributed by atoms with Crippen molar-refractivity contribution in [2.75, 3.05) is 6.54 Å². The van der Waals surface area contributed by atoms with E-state index in [4.69, 9.17) is 5.11 Å². The van der Waals surface area contributed by atoms with Crippen molar-refractivity contribution in [2.24, 2.45) is 0 Å². The van der Waals surface area contributed by atoms with Crippen LogP contribution in [0.1, 0.15) is 44.8 Å². The summed E-state index contributed by atoms with van der Waals surface area (Å²) < 4.78 is 0. The fourth-order valence-corrected chi connectivity index (χ4v) is 2.63. The number of carboxylic acids is 1. The number of carbonyl (C=O) groups excluding carboxylic acids is 1. The highest BCUT2D eigenvalue weighted by atomic mass is 16.4. The van der Waals surface area contributed by atoms with Crippen molar-refractivity contribution in [1.29, 1.82) is 0 Å². The number of aromatic nitrogens is 1. The summed E-state index contributed by atoms with van der Waals surface area (Å²) in [6.07, 6.45) is 3.65. The molecule has 5 heteroatoms. The van der Waals surface area contributed by atoms with Gasteiger partial charge in [0.25, 0.3) is 5.91 Å². The minimum atomic E-state index is -0.930. The molecule has 1 heterocycles. The first kappa shape index (κ1) is 15.2. The number of carboxylic acid groups (broad SMARTS) is 1. The third-order valence-electron chi connectivity index (χ3n) is 4.33. The van der Waals surface area contributed by atoms with Gasteiger partial charge in [-0.3, -0.25) is 9.78 Å². The number of amides is 1. The van der Waals surface area contributed by atoms with Crippen molar-refractivity contribution in [3.63, 3.8) is 0 Å². The van der Waals surface area contributed by atoms with Crippen LogP contribution >= 0.6 is 0 Å². The van der Waals surface area contributed by atoms with Gasteiger partial charge in [0.1, 0.15) is 5.69 Å². The summed E-state index contributed by atoms with van der Waals surface area (Å²) >= 11 is 0. The molecule has 2 N–H and O–H groups in total. The zero-order valence-corrected chi connectivity index (χ0v) is 12.9. The third kappa shape index (κ3) is 3.23. The molecule has 118 valence electrons. The molecule has 1 aliphatic carbocycles. The van der Waals surface area contributed by atoms with E-state index in [0.717, 1.165) is 24.0 Å². The van der Waals surface area contributed by atoms with Crippen LogP contribution in [0.5, 0.6) is 0 Å². The molecular weight excluding hydrogens is 292 g/mol. The maximum absolute atomic E-state index is 12.2. The second-order valence-corrected chi connectivity index (χ2v) is 6.07. The standard InChI is InChI=1S/C18H18N2O3/c1-12-2-7-15(19-10-12)16(21)20-11-18(8-9-18)14-5-3-13(4-6-14)17(22)23/h2-7,10H,8-9,11H2,1H3,(H,20,21)(H,22,23). The Kier molecular flexibility index (Phi) is 3.86. The van der Waals surface area contributed by atoms with E-state index in [0.29, 0.717) is 12.2 Å². The zero-order chi connectivity index (χ0) is 16.4. The van der Waals surface area contributed by atoms with Gasteiger partial charge in [-0.15, -0.1) is 0 Å². The van der Waals surface area contributed by atoms with Crippen molar-refractivity contribution in [1.82, 2.24) is 10.3 Å². The van der Waals surface area contributed by atoms with Gasteiger partial charge in [0.2, 0.25) is 0 Å². The van der Waals surface area contributed by atoms with Crippen molar-refractivity contribution >= 4 is 11.9 Å². The molecule has 0 radical (unpaired) electrons. The number of rotatable bonds is 5. The minimum absolute atomic E-state index is 0.0720. The molecule has 1 amide bonds. The quantitative estimate of drug-likeness (QED) is 0.889. The van der Waals surface area contributed by atoms with Gasteiger partial charge in [0.15, 0.2) is 0 Å². The molecule has 0 aliphatic heterocycles. The number of hydrogen-bond acceptors (Lipinski definition) is 3. The number of aromatic carboxylic acids is 1. The van der Waals surface area contributed by atoms with Crippen LogP contribution in [0, 0.1) is 6.92 Å². The van der Waals surface area contributed by atoms with Gasteiger partial charge < -0.3 is 10.4 Å². The Morgan fingerprint density at radius 1 is 1.17 bits per heavy atom. The van der Waals surface area contributed by atoms with Gasteiger partial charge in [0.05, 0.1) is 5.56 Å². The molecule has 5 nitrogen and oxygen atoms in total. The van der Waals surface area contributed by atoms with Gasteiger partial charge in [-0.1, -0.05) is 18.2 Å². The monoisotopic (exact) mass is 310 g/mol. The Labute approximate surface area is 134 Å². The molecule has 1 saturated carbocycles. The van der Waals surface area contributed by atoms with E-state index in [1.54, 1.807) is 24.4 Å². The molecule has 0 spiro atoms. The van der Waals surface area contributed by atoms with Crippen LogP contribution in [0.3, 0.4) is 0 Å². The molecule has 1 aromatic heterocycles. The van der Waals surface area contributed by atoms with Crippen molar-refractivity contribution in [3.05, 3.63) is 65.0 Å². The first-order chi connectivity index (χ1) is 11.0. The minimum Gasteiger partial charge on any atom is -0.478 e. The summed E-state index contributed by atoms with van der Waals surface area (Å²) in [5, 5.41) is 11.9. The predicted octanol–water partition coefficient (Wildman–Crippen LogP) is 2.55. The van der Waals surface area contributed by atoms with E-state index in [2.05, 4.69) is 10.3 Å². The Balaban J connectivity index is 1.66. The molecular formula is C18H18N2O3. The highest BCUT2D eigenvalue weighted by molar-refractivity contribution is 5.92. The van der Waals surface area contributed by atoms with E-state index in [1.165, 1.54) is 0 Å². The lowest BCUT2D eigenvalue weighted by atomic mass is 9.95. The molecule has 0 unspecified atom stereocenters. The number of nitrogens with zero attached hydrogens (tertiary/aromatic N) is 1. The highest BCUT2D eigenvalue weighted by Gasteiger charge is 2.44. The largest absolute Gasteiger partial charge is 0.478 e. The summed E-state index contributed by atoms with van der Waals surface area (Å²) in [4.78, 5) is 27.2. The highest BCUT2D eigenvalue weighted by Crippen LogP contribution is 2.47. The molecule has 2 aromatic rings. The van der Waals surface area contributed by atoms with E-state index in [1.807, 2.05) is 25.1 Å². The van der Waals surface area contributed by atoms with Crippen molar-refractivity contribution in [3.8, 4) is 0 Å². The molecule has 3 rings (SSSR count). The Hall–Kier alpha value is -2.69. The summed E-state index contributed by atoms with van der Waals surface area (Å²) in [6.45, 7) is 2.46. The van der Waals surface area contributed by atoms with E-state index in [-0.39, 0.29) is 16.9 Å². The summed E-state index contributed by atoms with van der Waals surface area (Å²) in [6, 6.07) is 10.5. The van der Waals surface area contributed by atoms with E-state index < -0.39 is 5.97 Å². The summed E-state index contributed by atoms with van der Waals surface area (Å²) in [5.74, 6) is -1.11. The topological polar surface area (TPSA) is 79.3 Å². The average molecular weight is 310 g/mol. The number of nitrogens with one attached hydrogen (secondary N) is 1. The average Bonchev–Trinajstić information content (AvgIpc) is 3.34. The molecule has 0 bridgehead atoms. The second kappa shape index (κ2) is 5.83. The molecule has 0 atom stereocenters. The normalized spacial score (nSPS) is 15.0. The Morgan fingerprint density at radius 3 is 2.39 bits per heavy atom. The first-order valence-corrected chi connectivity index (χ1v) is 7.55. The Morgan fingerprint density at radius 2 is 1.87 bits per heavy atom. The lowest BCUT2D eigenvalue weighted by Gasteiger charge is -2.16. The smallest absolute Gasteiger partial charge is 0.335 e. The Bertz CT molecular complexity index is 732. The third-order valence-corrected chi connectivity index (χ3v) is 4.33. The van der Waals surface area contributed by atoms with Gasteiger partial charge in [-0.25, -0.2) is 4.79 Å². The molecule has 1 aliphatic rings. The maximum Gasteiger partial charge on any atom is 0.335 e. The molecule has 23 heavy (non-hydrogen) atoms. The second-order valence-electron chi connectivity index (χ2n) is 6.07. The molecule has 0 saturated heterocycles. The van der Waals surface area contributed by atoms with Crippen LogP contribution in [-0.2, 0) is 5.41 Å². The lowest BCUT2D eigenvalue weighted by Crippen LogP contribution is -2.32. The molecule has 1 aromatic carbocycles. The van der Waals surface area contributed by atoms with Gasteiger partial charge in [-0.2, -0.15) is 0 Å². The van der Waals surface area contributed by atoms with E-state index in [9.17, 15) is 9.59 Å². The van der Waals surface area contributed by atoms with Crippen LogP contribution in [0.15, 0.2) is 42.6 Å². The van der Waals surface area contributed by atoms with Gasteiger partial charge >= 0.3 is 5.97 Å². The zero-order valence-electron chi connectivity index (χ0n) is 12.9. The fourth-order valence-electron chi connectivity index (χ4n) is 2.63.